The number of Topliss-reactive ketones (excluding diaryl/α,β-unsaturated/α-hetero) is 1. The van der Waals surface area contributed by atoms with Gasteiger partial charge < -0.3 is 4.74 Å². The van der Waals surface area contributed by atoms with Gasteiger partial charge >= 0.3 is 0 Å². The molecular weight excluding hydrogens is 294 g/mol. The summed E-state index contributed by atoms with van der Waals surface area (Å²) in [4.78, 5) is 28.8. The third-order valence-corrected chi connectivity index (χ3v) is 3.26. The average molecular weight is 313 g/mol. The van der Waals surface area contributed by atoms with Crippen molar-refractivity contribution >= 4 is 11.7 Å². The van der Waals surface area contributed by atoms with Gasteiger partial charge in [-0.3, -0.25) is 14.4 Å². The summed E-state index contributed by atoms with van der Waals surface area (Å²) in [6.07, 6.45) is 0.215. The minimum atomic E-state index is -0.317. The molecule has 0 bridgehead atoms. The molecule has 2 aromatic carbocycles. The molecule has 1 N–H and O–H groups in total. The van der Waals surface area contributed by atoms with Gasteiger partial charge in [0.25, 0.3) is 0 Å². The second kappa shape index (κ2) is 8.70. The first-order valence-corrected chi connectivity index (χ1v) is 7.31. The quantitative estimate of drug-likeness (QED) is 0.601. The first-order valence-electron chi connectivity index (χ1n) is 7.31. The number of ketones is 1. The molecule has 2 rings (SSSR count). The van der Waals surface area contributed by atoms with E-state index in [1.807, 2.05) is 30.3 Å². The highest BCUT2D eigenvalue weighted by molar-refractivity contribution is 5.97. The number of ether oxygens (including phenoxy) is 1. The molecule has 0 radical (unpaired) electrons. The average Bonchev–Trinajstić information content (AvgIpc) is 2.60. The highest BCUT2D eigenvalue weighted by atomic mass is 16.6. The van der Waals surface area contributed by atoms with Crippen LogP contribution in [-0.2, 0) is 16.2 Å². The molecule has 0 heterocycles. The van der Waals surface area contributed by atoms with Gasteiger partial charge in [0.05, 0.1) is 13.7 Å². The van der Waals surface area contributed by atoms with Crippen LogP contribution in [0.4, 0.5) is 0 Å². The minimum absolute atomic E-state index is 0.0830. The molecule has 2 aromatic rings. The van der Waals surface area contributed by atoms with E-state index in [0.717, 1.165) is 5.56 Å². The fourth-order valence-corrected chi connectivity index (χ4v) is 1.97. The van der Waals surface area contributed by atoms with Crippen molar-refractivity contribution in [3.8, 4) is 5.75 Å². The van der Waals surface area contributed by atoms with Crippen molar-refractivity contribution in [3.63, 3.8) is 0 Å². The molecule has 0 aliphatic rings. The van der Waals surface area contributed by atoms with E-state index in [1.54, 1.807) is 31.4 Å². The zero-order chi connectivity index (χ0) is 16.5. The Morgan fingerprint density at radius 2 is 1.65 bits per heavy atom. The molecule has 0 saturated carbocycles. The van der Waals surface area contributed by atoms with Crippen molar-refractivity contribution in [2.45, 2.75) is 19.4 Å². The third-order valence-electron chi connectivity index (χ3n) is 3.26. The van der Waals surface area contributed by atoms with Gasteiger partial charge in [-0.1, -0.05) is 30.3 Å². The Hall–Kier alpha value is -2.66. The van der Waals surface area contributed by atoms with Crippen LogP contribution in [0.15, 0.2) is 54.6 Å². The number of hydrogen-bond donors (Lipinski definition) is 1. The van der Waals surface area contributed by atoms with E-state index in [9.17, 15) is 9.59 Å². The van der Waals surface area contributed by atoms with Crippen LogP contribution in [0.2, 0.25) is 0 Å². The molecule has 0 aliphatic carbocycles. The molecule has 1 amide bonds. The van der Waals surface area contributed by atoms with Crippen LogP contribution >= 0.6 is 0 Å². The summed E-state index contributed by atoms with van der Waals surface area (Å²) in [5.41, 5.74) is 3.86. The van der Waals surface area contributed by atoms with Gasteiger partial charge in [-0.25, -0.2) is 5.48 Å². The van der Waals surface area contributed by atoms with E-state index in [4.69, 9.17) is 9.57 Å². The molecule has 5 nitrogen and oxygen atoms in total. The fourth-order valence-electron chi connectivity index (χ4n) is 1.97. The fraction of sp³-hybridized carbons (Fsp3) is 0.222. The van der Waals surface area contributed by atoms with Crippen molar-refractivity contribution < 1.29 is 19.2 Å². The molecule has 0 spiro atoms. The summed E-state index contributed by atoms with van der Waals surface area (Å²) in [7, 11) is 1.57. The molecule has 0 aromatic heterocycles. The summed E-state index contributed by atoms with van der Waals surface area (Å²) in [5.74, 6) is 0.280. The maximum absolute atomic E-state index is 12.0. The Kier molecular flexibility index (Phi) is 6.32. The molecule has 5 heteroatoms. The zero-order valence-corrected chi connectivity index (χ0v) is 13.0. The number of carbonyl (C=O) groups is 2. The zero-order valence-electron chi connectivity index (χ0n) is 13.0. The van der Waals surface area contributed by atoms with Gasteiger partial charge in [0.15, 0.2) is 5.78 Å². The van der Waals surface area contributed by atoms with Gasteiger partial charge in [-0.2, -0.15) is 0 Å². The van der Waals surface area contributed by atoms with Crippen LogP contribution in [0.3, 0.4) is 0 Å². The number of nitrogens with one attached hydrogen (secondary N) is 1. The summed E-state index contributed by atoms with van der Waals surface area (Å²) >= 11 is 0. The molecule has 0 unspecified atom stereocenters. The Labute approximate surface area is 135 Å². The number of carbonyl (C=O) groups excluding carboxylic acids is 2. The van der Waals surface area contributed by atoms with Gasteiger partial charge in [-0.15, -0.1) is 0 Å². The molecule has 0 aliphatic heterocycles. The predicted molar refractivity (Wildman–Crippen MR) is 85.9 cm³/mol. The molecule has 0 saturated heterocycles. The maximum atomic E-state index is 12.0. The van der Waals surface area contributed by atoms with Crippen LogP contribution in [-0.4, -0.2) is 18.8 Å². The van der Waals surface area contributed by atoms with E-state index in [0.29, 0.717) is 17.9 Å². The van der Waals surface area contributed by atoms with Gasteiger partial charge in [0, 0.05) is 18.4 Å². The lowest BCUT2D eigenvalue weighted by atomic mass is 10.1. The summed E-state index contributed by atoms with van der Waals surface area (Å²) in [5, 5.41) is 0. The lowest BCUT2D eigenvalue weighted by Crippen LogP contribution is -2.24. The molecule has 23 heavy (non-hydrogen) atoms. The Balaban J connectivity index is 1.70. The Bertz CT molecular complexity index is 638. The number of methoxy groups -OCH3 is 1. The normalized spacial score (nSPS) is 10.1. The second-order valence-electron chi connectivity index (χ2n) is 4.95. The highest BCUT2D eigenvalue weighted by Crippen LogP contribution is 2.13. The number of hydroxylamine groups is 1. The van der Waals surface area contributed by atoms with Crippen molar-refractivity contribution in [3.05, 3.63) is 65.7 Å². The van der Waals surface area contributed by atoms with Crippen LogP contribution in [0, 0.1) is 0 Å². The standard InChI is InChI=1S/C18H19NO4/c1-22-16-9-7-15(8-10-16)17(20)11-12-18(21)19-23-13-14-5-3-2-4-6-14/h2-10H,11-13H2,1H3,(H,19,21). The van der Waals surface area contributed by atoms with Crippen molar-refractivity contribution in [1.82, 2.24) is 5.48 Å². The first-order chi connectivity index (χ1) is 11.2. The van der Waals surface area contributed by atoms with Crippen LogP contribution in [0.1, 0.15) is 28.8 Å². The van der Waals surface area contributed by atoms with E-state index >= 15 is 0 Å². The highest BCUT2D eigenvalue weighted by Gasteiger charge is 2.09. The van der Waals surface area contributed by atoms with E-state index in [2.05, 4.69) is 5.48 Å². The Morgan fingerprint density at radius 3 is 2.30 bits per heavy atom. The van der Waals surface area contributed by atoms with Crippen LogP contribution in [0.25, 0.3) is 0 Å². The lowest BCUT2D eigenvalue weighted by Gasteiger charge is -2.06. The summed E-state index contributed by atoms with van der Waals surface area (Å²) in [6.45, 7) is 0.291. The largest absolute Gasteiger partial charge is 0.497 e. The maximum Gasteiger partial charge on any atom is 0.243 e. The third kappa shape index (κ3) is 5.56. The Morgan fingerprint density at radius 1 is 0.957 bits per heavy atom. The van der Waals surface area contributed by atoms with Crippen LogP contribution in [0.5, 0.6) is 5.75 Å². The summed E-state index contributed by atoms with van der Waals surface area (Å²) in [6, 6.07) is 16.3. The van der Waals surface area contributed by atoms with Crippen molar-refractivity contribution in [1.29, 1.82) is 0 Å². The predicted octanol–water partition coefficient (Wildman–Crippen LogP) is 2.91. The van der Waals surface area contributed by atoms with Gasteiger partial charge in [-0.05, 0) is 29.8 Å². The van der Waals surface area contributed by atoms with Crippen molar-refractivity contribution in [2.75, 3.05) is 7.11 Å². The summed E-state index contributed by atoms with van der Waals surface area (Å²) < 4.78 is 5.04. The smallest absolute Gasteiger partial charge is 0.243 e. The van der Waals surface area contributed by atoms with E-state index in [-0.39, 0.29) is 24.5 Å². The molecular formula is C18H19NO4. The molecule has 0 fully saturated rings. The number of rotatable bonds is 8. The number of hydrogen-bond acceptors (Lipinski definition) is 4. The number of amides is 1. The van der Waals surface area contributed by atoms with Crippen molar-refractivity contribution in [2.24, 2.45) is 0 Å². The number of benzene rings is 2. The SMILES string of the molecule is COc1ccc(C(=O)CCC(=O)NOCc2ccccc2)cc1. The van der Waals surface area contributed by atoms with E-state index in [1.165, 1.54) is 0 Å². The second-order valence-corrected chi connectivity index (χ2v) is 4.95. The first kappa shape index (κ1) is 16.7. The molecule has 0 atom stereocenters. The van der Waals surface area contributed by atoms with E-state index < -0.39 is 0 Å². The lowest BCUT2D eigenvalue weighted by molar-refractivity contribution is -0.134. The topological polar surface area (TPSA) is 64.6 Å². The molecule has 120 valence electrons. The minimum Gasteiger partial charge on any atom is -0.497 e. The van der Waals surface area contributed by atoms with Crippen LogP contribution < -0.4 is 10.2 Å². The van der Waals surface area contributed by atoms with Gasteiger partial charge in [0.1, 0.15) is 5.75 Å². The monoisotopic (exact) mass is 313 g/mol. The van der Waals surface area contributed by atoms with Gasteiger partial charge in [0.2, 0.25) is 5.91 Å².